The monoisotopic (exact) mass is 290 g/mol. The molecular weight excluding hydrogens is 272 g/mol. The Labute approximate surface area is 122 Å². The molecule has 2 aromatic rings. The number of carbonyl (C=O) groups is 1. The zero-order valence-corrected chi connectivity index (χ0v) is 12.5. The highest BCUT2D eigenvalue weighted by Gasteiger charge is 2.37. The molecule has 1 N–H and O–H groups in total. The smallest absolute Gasteiger partial charge is 0.331 e. The SMILES string of the molecule is CCC(C)(C(=O)O)n1nnnc1-c1cc(C)ccc1OC. The van der Waals surface area contributed by atoms with Crippen LogP contribution in [0.4, 0.5) is 0 Å². The molecule has 21 heavy (non-hydrogen) atoms. The van der Waals surface area contributed by atoms with Crippen LogP contribution in [0.1, 0.15) is 25.8 Å². The highest BCUT2D eigenvalue weighted by atomic mass is 16.5. The lowest BCUT2D eigenvalue weighted by molar-refractivity contribution is -0.147. The van der Waals surface area contributed by atoms with Crippen molar-refractivity contribution in [3.05, 3.63) is 23.8 Å². The maximum Gasteiger partial charge on any atom is 0.331 e. The molecule has 0 spiro atoms. The summed E-state index contributed by atoms with van der Waals surface area (Å²) in [5.41, 5.74) is 0.463. The van der Waals surface area contributed by atoms with Gasteiger partial charge in [0.1, 0.15) is 5.75 Å². The van der Waals surface area contributed by atoms with Crippen molar-refractivity contribution in [3.8, 4) is 17.1 Å². The summed E-state index contributed by atoms with van der Waals surface area (Å²) < 4.78 is 6.67. The molecule has 7 heteroatoms. The number of carboxylic acid groups (broad SMARTS) is 1. The Morgan fingerprint density at radius 3 is 2.76 bits per heavy atom. The van der Waals surface area contributed by atoms with Gasteiger partial charge in [-0.3, -0.25) is 0 Å². The van der Waals surface area contributed by atoms with Crippen molar-refractivity contribution in [3.63, 3.8) is 0 Å². The van der Waals surface area contributed by atoms with Crippen LogP contribution in [0.5, 0.6) is 5.75 Å². The first kappa shape index (κ1) is 15.0. The van der Waals surface area contributed by atoms with Gasteiger partial charge < -0.3 is 9.84 Å². The minimum absolute atomic E-state index is 0.356. The number of aromatic nitrogens is 4. The number of rotatable bonds is 5. The number of benzene rings is 1. The van der Waals surface area contributed by atoms with Crippen molar-refractivity contribution in [2.75, 3.05) is 7.11 Å². The lowest BCUT2D eigenvalue weighted by Crippen LogP contribution is -2.39. The van der Waals surface area contributed by atoms with Crippen molar-refractivity contribution >= 4 is 5.97 Å². The van der Waals surface area contributed by atoms with Gasteiger partial charge in [0, 0.05) is 0 Å². The van der Waals surface area contributed by atoms with Crippen LogP contribution in [-0.4, -0.2) is 38.4 Å². The van der Waals surface area contributed by atoms with Gasteiger partial charge in [-0.15, -0.1) is 5.10 Å². The highest BCUT2D eigenvalue weighted by Crippen LogP contribution is 2.32. The lowest BCUT2D eigenvalue weighted by atomic mass is 9.98. The number of ether oxygens (including phenoxy) is 1. The minimum Gasteiger partial charge on any atom is -0.496 e. The molecule has 0 aliphatic carbocycles. The van der Waals surface area contributed by atoms with Crippen molar-refractivity contribution < 1.29 is 14.6 Å². The summed E-state index contributed by atoms with van der Waals surface area (Å²) in [5.74, 6) is -0.00652. The maximum absolute atomic E-state index is 11.6. The molecule has 0 amide bonds. The van der Waals surface area contributed by atoms with Crippen LogP contribution in [0.2, 0.25) is 0 Å². The Morgan fingerprint density at radius 1 is 1.48 bits per heavy atom. The molecule has 1 atom stereocenters. The summed E-state index contributed by atoms with van der Waals surface area (Å²) in [6, 6.07) is 5.60. The molecule has 0 aliphatic rings. The Morgan fingerprint density at radius 2 is 2.19 bits per heavy atom. The number of hydrogen-bond donors (Lipinski definition) is 1. The summed E-state index contributed by atoms with van der Waals surface area (Å²) in [4.78, 5) is 11.6. The second kappa shape index (κ2) is 5.51. The zero-order valence-electron chi connectivity index (χ0n) is 12.5. The average molecular weight is 290 g/mol. The number of aryl methyl sites for hydroxylation is 1. The van der Waals surface area contributed by atoms with Gasteiger partial charge in [0.05, 0.1) is 12.7 Å². The molecule has 1 unspecified atom stereocenters. The third-order valence-electron chi connectivity index (χ3n) is 3.68. The van der Waals surface area contributed by atoms with Gasteiger partial charge in [-0.25, -0.2) is 9.48 Å². The topological polar surface area (TPSA) is 90.1 Å². The summed E-state index contributed by atoms with van der Waals surface area (Å²) in [6.07, 6.45) is 0.356. The molecule has 1 heterocycles. The average Bonchev–Trinajstić information content (AvgIpc) is 2.95. The second-order valence-electron chi connectivity index (χ2n) is 5.05. The van der Waals surface area contributed by atoms with Crippen molar-refractivity contribution in [2.45, 2.75) is 32.7 Å². The minimum atomic E-state index is -1.21. The summed E-state index contributed by atoms with van der Waals surface area (Å²) in [6.45, 7) is 5.32. The quantitative estimate of drug-likeness (QED) is 0.904. The van der Waals surface area contributed by atoms with E-state index in [1.54, 1.807) is 21.0 Å². The van der Waals surface area contributed by atoms with Crippen molar-refractivity contribution in [1.82, 2.24) is 20.2 Å². The number of tetrazole rings is 1. The molecule has 0 fully saturated rings. The van der Waals surface area contributed by atoms with Gasteiger partial charge in [0.25, 0.3) is 0 Å². The zero-order chi connectivity index (χ0) is 15.6. The van der Waals surface area contributed by atoms with Gasteiger partial charge in [-0.05, 0) is 42.8 Å². The predicted octanol–water partition coefficient (Wildman–Crippen LogP) is 1.87. The lowest BCUT2D eigenvalue weighted by Gasteiger charge is -2.24. The molecule has 0 aliphatic heterocycles. The van der Waals surface area contributed by atoms with Crippen LogP contribution in [0.3, 0.4) is 0 Å². The molecule has 112 valence electrons. The Kier molecular flexibility index (Phi) is 3.93. The fraction of sp³-hybridized carbons (Fsp3) is 0.429. The van der Waals surface area contributed by atoms with E-state index in [1.807, 2.05) is 25.1 Å². The molecule has 0 radical (unpaired) electrons. The highest BCUT2D eigenvalue weighted by molar-refractivity contribution is 5.77. The van der Waals surface area contributed by atoms with E-state index in [1.165, 1.54) is 4.68 Å². The van der Waals surface area contributed by atoms with Crippen LogP contribution >= 0.6 is 0 Å². The first-order chi connectivity index (χ1) is 9.93. The van der Waals surface area contributed by atoms with Crippen LogP contribution in [0.25, 0.3) is 11.4 Å². The Hall–Kier alpha value is -2.44. The van der Waals surface area contributed by atoms with Crippen LogP contribution < -0.4 is 4.74 Å². The van der Waals surface area contributed by atoms with E-state index in [-0.39, 0.29) is 0 Å². The molecule has 2 rings (SSSR count). The third kappa shape index (κ3) is 2.46. The summed E-state index contributed by atoms with van der Waals surface area (Å²) >= 11 is 0. The van der Waals surface area contributed by atoms with Crippen molar-refractivity contribution in [2.24, 2.45) is 0 Å². The maximum atomic E-state index is 11.6. The molecule has 1 aromatic carbocycles. The summed E-state index contributed by atoms with van der Waals surface area (Å²) in [5, 5.41) is 21.0. The van der Waals surface area contributed by atoms with Gasteiger partial charge in [-0.2, -0.15) is 0 Å². The van der Waals surface area contributed by atoms with Gasteiger partial charge in [0.15, 0.2) is 11.4 Å². The molecule has 0 saturated heterocycles. The van der Waals surface area contributed by atoms with Crippen LogP contribution in [0.15, 0.2) is 18.2 Å². The molecular formula is C14H18N4O3. The Bertz CT molecular complexity index is 668. The normalized spacial score (nSPS) is 13.7. The number of aliphatic carboxylic acids is 1. The van der Waals surface area contributed by atoms with Gasteiger partial charge >= 0.3 is 5.97 Å². The second-order valence-corrected chi connectivity index (χ2v) is 5.05. The fourth-order valence-electron chi connectivity index (χ4n) is 2.08. The van der Waals surface area contributed by atoms with Gasteiger partial charge in [0.2, 0.25) is 0 Å². The van der Waals surface area contributed by atoms with Gasteiger partial charge in [-0.1, -0.05) is 18.6 Å². The standard InChI is InChI=1S/C14H18N4O3/c1-5-14(3,13(19)20)18-12(15-16-17-18)10-8-9(2)6-7-11(10)21-4/h6-8H,5H2,1-4H3,(H,19,20). The number of methoxy groups -OCH3 is 1. The van der Waals surface area contributed by atoms with E-state index < -0.39 is 11.5 Å². The fourth-order valence-corrected chi connectivity index (χ4v) is 2.08. The Balaban J connectivity index is 2.66. The number of carboxylic acids is 1. The molecule has 1 aromatic heterocycles. The number of hydrogen-bond acceptors (Lipinski definition) is 5. The third-order valence-corrected chi connectivity index (χ3v) is 3.68. The summed E-state index contributed by atoms with van der Waals surface area (Å²) in [7, 11) is 1.55. The van der Waals surface area contributed by atoms with E-state index in [2.05, 4.69) is 15.5 Å². The molecule has 0 bridgehead atoms. The predicted molar refractivity (Wildman–Crippen MR) is 76.1 cm³/mol. The molecule has 0 saturated carbocycles. The number of nitrogens with zero attached hydrogens (tertiary/aromatic N) is 4. The largest absolute Gasteiger partial charge is 0.496 e. The molecule has 7 nitrogen and oxygen atoms in total. The van der Waals surface area contributed by atoms with Crippen LogP contribution in [0, 0.1) is 6.92 Å². The van der Waals surface area contributed by atoms with E-state index in [0.717, 1.165) is 5.56 Å². The van der Waals surface area contributed by atoms with E-state index in [9.17, 15) is 9.90 Å². The van der Waals surface area contributed by atoms with E-state index in [4.69, 9.17) is 4.74 Å². The van der Waals surface area contributed by atoms with E-state index >= 15 is 0 Å². The van der Waals surface area contributed by atoms with Crippen LogP contribution in [-0.2, 0) is 10.3 Å². The van der Waals surface area contributed by atoms with Crippen molar-refractivity contribution in [1.29, 1.82) is 0 Å². The van der Waals surface area contributed by atoms with E-state index in [0.29, 0.717) is 23.6 Å². The first-order valence-electron chi connectivity index (χ1n) is 6.61. The first-order valence-corrected chi connectivity index (χ1v) is 6.61.